The number of rotatable bonds is 6. The van der Waals surface area contributed by atoms with Gasteiger partial charge in [-0.15, -0.1) is 0 Å². The summed E-state index contributed by atoms with van der Waals surface area (Å²) in [6.45, 7) is 15.5. The second-order valence-electron chi connectivity index (χ2n) is 19.3. The van der Waals surface area contributed by atoms with Crippen molar-refractivity contribution in [3.05, 3.63) is 221 Å². The van der Waals surface area contributed by atoms with Gasteiger partial charge in [0.1, 0.15) is 5.82 Å². The minimum atomic E-state index is -0.623. The number of aromatic nitrogens is 2. The van der Waals surface area contributed by atoms with E-state index in [1.165, 1.54) is 77.9 Å². The Kier molecular flexibility index (Phi) is 8.63. The maximum absolute atomic E-state index is 5.07. The number of nitrogens with zero attached hydrogens (tertiary/aromatic N) is 4. The first-order valence-corrected chi connectivity index (χ1v) is 22.0. The lowest BCUT2D eigenvalue weighted by Crippen LogP contribution is -2.31. The summed E-state index contributed by atoms with van der Waals surface area (Å²) in [5.41, 5.74) is 16.8. The summed E-state index contributed by atoms with van der Waals surface area (Å²) >= 11 is 0. The van der Waals surface area contributed by atoms with E-state index in [4.69, 9.17) is 4.98 Å². The van der Waals surface area contributed by atoms with Crippen molar-refractivity contribution in [1.82, 2.24) is 9.55 Å². The zero-order valence-electron chi connectivity index (χ0n) is 36.5. The van der Waals surface area contributed by atoms with E-state index < -0.39 is 5.41 Å². The Hall–Kier alpha value is -6.91. The first-order chi connectivity index (χ1) is 30.0. The van der Waals surface area contributed by atoms with Crippen molar-refractivity contribution in [2.45, 2.75) is 64.3 Å². The number of hydrogen-bond acceptors (Lipinski definition) is 3. The molecule has 2 aliphatic rings. The van der Waals surface area contributed by atoms with Crippen LogP contribution in [0, 0.1) is 0 Å². The van der Waals surface area contributed by atoms with Gasteiger partial charge in [0, 0.05) is 29.2 Å². The Balaban J connectivity index is 1.19. The van der Waals surface area contributed by atoms with Gasteiger partial charge in [-0.1, -0.05) is 169 Å². The average Bonchev–Trinajstić information content (AvgIpc) is 3.92. The van der Waals surface area contributed by atoms with Gasteiger partial charge in [-0.3, -0.25) is 4.57 Å². The van der Waals surface area contributed by atoms with Gasteiger partial charge in [-0.25, -0.2) is 4.98 Å². The second-order valence-corrected chi connectivity index (χ2v) is 19.3. The van der Waals surface area contributed by atoms with Gasteiger partial charge in [0.25, 0.3) is 0 Å². The molecular formula is C58H52N4. The fourth-order valence-electron chi connectivity index (χ4n) is 10.3. The fraction of sp³-hybridized carbons (Fsp3) is 0.190. The largest absolute Gasteiger partial charge is 0.347 e. The summed E-state index contributed by atoms with van der Waals surface area (Å²) in [5.74, 6) is 0.937. The third kappa shape index (κ3) is 5.91. The highest BCUT2D eigenvalue weighted by Crippen LogP contribution is 2.58. The van der Waals surface area contributed by atoms with Gasteiger partial charge in [-0.2, -0.15) is 0 Å². The molecule has 4 heteroatoms. The first kappa shape index (κ1) is 38.0. The lowest BCUT2D eigenvalue weighted by molar-refractivity contribution is 0.587. The number of para-hydroxylation sites is 3. The summed E-state index contributed by atoms with van der Waals surface area (Å²) < 4.78 is 2.39. The van der Waals surface area contributed by atoms with Gasteiger partial charge >= 0.3 is 0 Å². The van der Waals surface area contributed by atoms with Crippen LogP contribution in [-0.2, 0) is 22.8 Å². The highest BCUT2D eigenvalue weighted by molar-refractivity contribution is 6.09. The molecule has 4 nitrogen and oxygen atoms in total. The molecule has 0 saturated carbocycles. The van der Waals surface area contributed by atoms with Crippen molar-refractivity contribution in [1.29, 1.82) is 0 Å². The van der Waals surface area contributed by atoms with E-state index in [-0.39, 0.29) is 10.8 Å². The molecule has 62 heavy (non-hydrogen) atoms. The molecule has 0 atom stereocenters. The minimum Gasteiger partial charge on any atom is -0.347 e. The van der Waals surface area contributed by atoms with Crippen LogP contribution in [-0.4, -0.2) is 16.2 Å². The Morgan fingerprint density at radius 3 is 1.87 bits per heavy atom. The van der Waals surface area contributed by atoms with Crippen LogP contribution < -0.4 is 9.80 Å². The van der Waals surface area contributed by atoms with Crippen molar-refractivity contribution in [3.63, 3.8) is 0 Å². The Bertz CT molecular complexity index is 3130. The normalized spacial score (nSPS) is 14.4. The van der Waals surface area contributed by atoms with Gasteiger partial charge in [0.2, 0.25) is 0 Å². The molecule has 9 aromatic rings. The van der Waals surface area contributed by atoms with Crippen molar-refractivity contribution in [3.8, 4) is 16.9 Å². The van der Waals surface area contributed by atoms with Crippen molar-refractivity contribution in [2.24, 2.45) is 0 Å². The molecule has 0 N–H and O–H groups in total. The van der Waals surface area contributed by atoms with E-state index in [0.717, 1.165) is 30.1 Å². The van der Waals surface area contributed by atoms with Crippen LogP contribution >= 0.6 is 0 Å². The molecule has 0 amide bonds. The maximum Gasteiger partial charge on any atom is 0.137 e. The smallest absolute Gasteiger partial charge is 0.137 e. The summed E-state index contributed by atoms with van der Waals surface area (Å²) in [6, 6.07) is 65.9. The van der Waals surface area contributed by atoms with Crippen LogP contribution in [0.4, 0.5) is 17.1 Å². The lowest BCUT2D eigenvalue weighted by Gasteiger charge is -2.36. The molecule has 11 rings (SSSR count). The Morgan fingerprint density at radius 1 is 0.516 bits per heavy atom. The Morgan fingerprint density at radius 2 is 1.15 bits per heavy atom. The molecule has 0 unspecified atom stereocenters. The van der Waals surface area contributed by atoms with Crippen molar-refractivity contribution in [2.75, 3.05) is 16.5 Å². The van der Waals surface area contributed by atoms with Crippen molar-refractivity contribution >= 4 is 38.9 Å². The minimum absolute atomic E-state index is 0.0207. The predicted molar refractivity (Wildman–Crippen MR) is 259 cm³/mol. The molecule has 1 aliphatic carbocycles. The molecule has 2 aromatic heterocycles. The molecule has 0 radical (unpaired) electrons. The number of fused-ring (bicyclic) bond motifs is 7. The van der Waals surface area contributed by atoms with E-state index in [1.807, 2.05) is 6.20 Å². The van der Waals surface area contributed by atoms with Crippen LogP contribution in [0.2, 0.25) is 0 Å². The molecule has 3 heterocycles. The molecule has 0 fully saturated rings. The predicted octanol–water partition coefficient (Wildman–Crippen LogP) is 14.3. The number of hydrogen-bond donors (Lipinski definition) is 0. The summed E-state index contributed by atoms with van der Waals surface area (Å²) in [5, 5.41) is 2.45. The van der Waals surface area contributed by atoms with Crippen molar-refractivity contribution < 1.29 is 0 Å². The van der Waals surface area contributed by atoms with E-state index in [2.05, 4.69) is 232 Å². The number of anilines is 3. The standard InChI is InChI=1S/C58H52N4/c1-56(2,3)40-30-31-59-55(36-40)62-51-25-15-12-22-47(51)48-29-28-41(35-54(48)62)58(49-23-13-10-20-45(49)46-21-11-14-24-50(46)58)43-32-42(57(4,5)6)33-44(34-43)61-38-60(37-39-18-8-7-9-19-39)52-26-16-17-27-53(52)61/h7-36H,37-38H2,1-6H3. The SMILES string of the molecule is CC(C)(C)c1cc(N2CN(Cc3ccccc3)c3ccccc32)cc(C2(c3ccc4c5ccccc5n(-c5cc(C(C)(C)C)ccn5)c4c3)c3ccccc3-c3ccccc32)c1. The third-order valence-corrected chi connectivity index (χ3v) is 13.5. The van der Waals surface area contributed by atoms with Gasteiger partial charge in [0.15, 0.2) is 0 Å². The topological polar surface area (TPSA) is 24.3 Å². The molecule has 0 bridgehead atoms. The van der Waals surface area contributed by atoms with E-state index in [0.29, 0.717) is 0 Å². The second kappa shape index (κ2) is 14.1. The summed E-state index contributed by atoms with van der Waals surface area (Å²) in [7, 11) is 0. The van der Waals surface area contributed by atoms with E-state index in [1.54, 1.807) is 0 Å². The van der Waals surface area contributed by atoms with Gasteiger partial charge < -0.3 is 9.80 Å². The highest BCUT2D eigenvalue weighted by Gasteiger charge is 2.47. The van der Waals surface area contributed by atoms with Crippen LogP contribution in [0.5, 0.6) is 0 Å². The lowest BCUT2D eigenvalue weighted by atomic mass is 9.66. The van der Waals surface area contributed by atoms with Crippen LogP contribution in [0.15, 0.2) is 182 Å². The molecule has 0 saturated heterocycles. The highest BCUT2D eigenvalue weighted by atomic mass is 15.4. The van der Waals surface area contributed by atoms with Crippen LogP contribution in [0.3, 0.4) is 0 Å². The molecule has 304 valence electrons. The first-order valence-electron chi connectivity index (χ1n) is 22.0. The molecule has 0 spiro atoms. The monoisotopic (exact) mass is 804 g/mol. The fourth-order valence-corrected chi connectivity index (χ4v) is 10.3. The zero-order chi connectivity index (χ0) is 42.4. The average molecular weight is 805 g/mol. The van der Waals surface area contributed by atoms with Crippen LogP contribution in [0.1, 0.15) is 80.5 Å². The summed E-state index contributed by atoms with van der Waals surface area (Å²) in [6.07, 6.45) is 1.97. The van der Waals surface area contributed by atoms with Gasteiger partial charge in [-0.05, 0) is 109 Å². The van der Waals surface area contributed by atoms with E-state index in [9.17, 15) is 0 Å². The number of pyridine rings is 1. The van der Waals surface area contributed by atoms with Gasteiger partial charge in [0.05, 0.1) is 34.5 Å². The quantitative estimate of drug-likeness (QED) is 0.167. The molecule has 7 aromatic carbocycles. The zero-order valence-corrected chi connectivity index (χ0v) is 36.5. The maximum atomic E-state index is 5.07. The molecule has 1 aliphatic heterocycles. The molecular weight excluding hydrogens is 753 g/mol. The van der Waals surface area contributed by atoms with Crippen LogP contribution in [0.25, 0.3) is 38.8 Å². The third-order valence-electron chi connectivity index (χ3n) is 13.5. The number of benzene rings is 7. The van der Waals surface area contributed by atoms with E-state index >= 15 is 0 Å². The summed E-state index contributed by atoms with van der Waals surface area (Å²) in [4.78, 5) is 10.1. The Labute approximate surface area is 365 Å².